The molecule has 0 unspecified atom stereocenters. The molecule has 0 aliphatic heterocycles. The summed E-state index contributed by atoms with van der Waals surface area (Å²) in [5.74, 6) is 0.461. The van der Waals surface area contributed by atoms with Crippen molar-refractivity contribution in [2.45, 2.75) is 0 Å². The highest BCUT2D eigenvalue weighted by atomic mass is 35.5. The molecule has 70 valence electrons. The van der Waals surface area contributed by atoms with Crippen LogP contribution in [0.4, 0.5) is 0 Å². The van der Waals surface area contributed by atoms with E-state index in [2.05, 4.69) is 0 Å². The second kappa shape index (κ2) is 4.70. The summed E-state index contributed by atoms with van der Waals surface area (Å²) in [6.45, 7) is -0.181. The van der Waals surface area contributed by atoms with E-state index in [-0.39, 0.29) is 6.61 Å². The van der Waals surface area contributed by atoms with Gasteiger partial charge in [-0.05, 0) is 23.7 Å². The summed E-state index contributed by atoms with van der Waals surface area (Å²) in [6, 6.07) is 4.70. The molecule has 0 N–H and O–H groups in total. The van der Waals surface area contributed by atoms with E-state index in [4.69, 9.17) is 39.5 Å². The number of ether oxygens (including phenoxy) is 1. The maximum Gasteiger partial charge on any atom is 0.259 e. The molecular formula is C8H5Cl3O2. The van der Waals surface area contributed by atoms with E-state index in [9.17, 15) is 4.79 Å². The van der Waals surface area contributed by atoms with Gasteiger partial charge in [0.05, 0.1) is 10.0 Å². The molecule has 0 atom stereocenters. The van der Waals surface area contributed by atoms with Crippen LogP contribution in [-0.2, 0) is 4.79 Å². The number of hydrogen-bond donors (Lipinski definition) is 0. The Kier molecular flexibility index (Phi) is 3.85. The fourth-order valence-corrected chi connectivity index (χ4v) is 1.05. The quantitative estimate of drug-likeness (QED) is 0.758. The second-order valence-electron chi connectivity index (χ2n) is 2.22. The molecule has 0 fully saturated rings. The van der Waals surface area contributed by atoms with Crippen molar-refractivity contribution < 1.29 is 9.53 Å². The molecule has 13 heavy (non-hydrogen) atoms. The normalized spacial score (nSPS) is 9.77. The van der Waals surface area contributed by atoms with Gasteiger partial charge >= 0.3 is 0 Å². The minimum Gasteiger partial charge on any atom is -0.484 e. The Morgan fingerprint density at radius 2 is 2.00 bits per heavy atom. The third kappa shape index (κ3) is 3.43. The van der Waals surface area contributed by atoms with Crippen LogP contribution in [0.15, 0.2) is 18.2 Å². The largest absolute Gasteiger partial charge is 0.484 e. The van der Waals surface area contributed by atoms with Gasteiger partial charge in [0.15, 0.2) is 6.61 Å². The maximum atomic E-state index is 10.4. The van der Waals surface area contributed by atoms with E-state index in [0.29, 0.717) is 15.8 Å². The van der Waals surface area contributed by atoms with Crippen LogP contribution in [0.2, 0.25) is 10.0 Å². The fourth-order valence-electron chi connectivity index (χ4n) is 0.707. The van der Waals surface area contributed by atoms with Crippen LogP contribution in [0.3, 0.4) is 0 Å². The molecule has 0 heterocycles. The van der Waals surface area contributed by atoms with Crippen molar-refractivity contribution in [3.8, 4) is 5.75 Å². The van der Waals surface area contributed by atoms with Gasteiger partial charge in [0.2, 0.25) is 0 Å². The molecule has 0 spiro atoms. The first kappa shape index (κ1) is 10.6. The molecule has 0 radical (unpaired) electrons. The molecule has 5 heteroatoms. The molecule has 0 saturated heterocycles. The Balaban J connectivity index is 2.68. The van der Waals surface area contributed by atoms with Crippen LogP contribution < -0.4 is 4.74 Å². The molecular weight excluding hydrogens is 234 g/mol. The molecule has 1 aromatic carbocycles. The minimum absolute atomic E-state index is 0.181. The molecule has 0 aliphatic rings. The zero-order valence-electron chi connectivity index (χ0n) is 6.39. The van der Waals surface area contributed by atoms with Crippen molar-refractivity contribution in [2.75, 3.05) is 6.61 Å². The van der Waals surface area contributed by atoms with Crippen LogP contribution >= 0.6 is 34.8 Å². The summed E-state index contributed by atoms with van der Waals surface area (Å²) < 4.78 is 4.98. The highest BCUT2D eigenvalue weighted by Crippen LogP contribution is 2.26. The molecule has 2 nitrogen and oxygen atoms in total. The smallest absolute Gasteiger partial charge is 0.259 e. The lowest BCUT2D eigenvalue weighted by atomic mass is 10.3. The third-order valence-corrected chi connectivity index (χ3v) is 2.09. The van der Waals surface area contributed by atoms with Crippen molar-refractivity contribution in [3.63, 3.8) is 0 Å². The lowest BCUT2D eigenvalue weighted by Gasteiger charge is -2.03. The van der Waals surface area contributed by atoms with Gasteiger partial charge in [0.25, 0.3) is 5.24 Å². The fraction of sp³-hybridized carbons (Fsp3) is 0.125. The minimum atomic E-state index is -0.564. The zero-order valence-corrected chi connectivity index (χ0v) is 8.66. The van der Waals surface area contributed by atoms with Crippen molar-refractivity contribution in [1.82, 2.24) is 0 Å². The standard InChI is InChI=1S/C8H5Cl3O2/c9-6-2-1-5(3-7(6)10)13-4-8(11)12/h1-3H,4H2. The van der Waals surface area contributed by atoms with E-state index in [0.717, 1.165) is 0 Å². The summed E-state index contributed by atoms with van der Waals surface area (Å²) in [6.07, 6.45) is 0. The predicted octanol–water partition coefficient (Wildman–Crippen LogP) is 3.14. The van der Waals surface area contributed by atoms with Gasteiger partial charge in [-0.3, -0.25) is 4.79 Å². The van der Waals surface area contributed by atoms with Gasteiger partial charge < -0.3 is 4.74 Å². The number of benzene rings is 1. The topological polar surface area (TPSA) is 26.3 Å². The Hall–Kier alpha value is -0.440. The number of carbonyl (C=O) groups excluding carboxylic acids is 1. The summed E-state index contributed by atoms with van der Waals surface area (Å²) in [7, 11) is 0. The van der Waals surface area contributed by atoms with Crippen molar-refractivity contribution >= 4 is 40.0 Å². The van der Waals surface area contributed by atoms with E-state index >= 15 is 0 Å². The Morgan fingerprint density at radius 1 is 1.31 bits per heavy atom. The van der Waals surface area contributed by atoms with Gasteiger partial charge in [-0.2, -0.15) is 0 Å². The molecule has 0 amide bonds. The average molecular weight is 239 g/mol. The van der Waals surface area contributed by atoms with Crippen LogP contribution in [0.25, 0.3) is 0 Å². The first-order valence-electron chi connectivity index (χ1n) is 3.36. The van der Waals surface area contributed by atoms with Crippen LogP contribution in [0.5, 0.6) is 5.75 Å². The summed E-state index contributed by atoms with van der Waals surface area (Å²) in [5.41, 5.74) is 0. The van der Waals surface area contributed by atoms with Crippen molar-refractivity contribution in [2.24, 2.45) is 0 Å². The Morgan fingerprint density at radius 3 is 2.54 bits per heavy atom. The van der Waals surface area contributed by atoms with Gasteiger partial charge in [-0.1, -0.05) is 23.2 Å². The third-order valence-electron chi connectivity index (χ3n) is 1.24. The molecule has 1 aromatic rings. The highest BCUT2D eigenvalue weighted by Gasteiger charge is 2.01. The van der Waals surface area contributed by atoms with Gasteiger partial charge in [0, 0.05) is 6.07 Å². The lowest BCUT2D eigenvalue weighted by molar-refractivity contribution is -0.113. The number of halogens is 3. The van der Waals surface area contributed by atoms with E-state index in [1.54, 1.807) is 12.1 Å². The summed E-state index contributed by atoms with van der Waals surface area (Å²) in [4.78, 5) is 10.4. The predicted molar refractivity (Wildman–Crippen MR) is 52.8 cm³/mol. The summed E-state index contributed by atoms with van der Waals surface area (Å²) in [5, 5.41) is 0.249. The average Bonchev–Trinajstić information content (AvgIpc) is 2.07. The van der Waals surface area contributed by atoms with Crippen LogP contribution in [-0.4, -0.2) is 11.8 Å². The summed E-state index contributed by atoms with van der Waals surface area (Å²) >= 11 is 16.4. The van der Waals surface area contributed by atoms with Crippen molar-refractivity contribution in [3.05, 3.63) is 28.2 Å². The van der Waals surface area contributed by atoms with Crippen LogP contribution in [0, 0.1) is 0 Å². The van der Waals surface area contributed by atoms with E-state index in [1.165, 1.54) is 6.07 Å². The molecule has 0 aromatic heterocycles. The maximum absolute atomic E-state index is 10.4. The van der Waals surface area contributed by atoms with E-state index in [1.807, 2.05) is 0 Å². The number of carbonyl (C=O) groups is 1. The SMILES string of the molecule is O=C(Cl)COc1ccc(Cl)c(Cl)c1. The molecule has 1 rings (SSSR count). The lowest BCUT2D eigenvalue weighted by Crippen LogP contribution is -2.04. The first-order chi connectivity index (χ1) is 6.09. The number of rotatable bonds is 3. The molecule has 0 saturated carbocycles. The van der Waals surface area contributed by atoms with Crippen LogP contribution in [0.1, 0.15) is 0 Å². The van der Waals surface area contributed by atoms with E-state index < -0.39 is 5.24 Å². The second-order valence-corrected chi connectivity index (χ2v) is 3.46. The zero-order chi connectivity index (χ0) is 9.84. The highest BCUT2D eigenvalue weighted by molar-refractivity contribution is 6.63. The van der Waals surface area contributed by atoms with Gasteiger partial charge in [-0.25, -0.2) is 0 Å². The molecule has 0 aliphatic carbocycles. The first-order valence-corrected chi connectivity index (χ1v) is 4.49. The number of hydrogen-bond acceptors (Lipinski definition) is 2. The monoisotopic (exact) mass is 238 g/mol. The van der Waals surface area contributed by atoms with Crippen molar-refractivity contribution in [1.29, 1.82) is 0 Å². The van der Waals surface area contributed by atoms with Gasteiger partial charge in [0.1, 0.15) is 5.75 Å². The Bertz CT molecular complexity index is 325. The Labute approximate surface area is 90.3 Å². The molecule has 0 bridgehead atoms. The van der Waals surface area contributed by atoms with Gasteiger partial charge in [-0.15, -0.1) is 0 Å².